The molecule has 0 saturated heterocycles. The number of carboxylic acids is 1. The van der Waals surface area contributed by atoms with Crippen LogP contribution >= 0.6 is 11.6 Å². The van der Waals surface area contributed by atoms with Gasteiger partial charge in [-0.05, 0) is 36.8 Å². The predicted octanol–water partition coefficient (Wildman–Crippen LogP) is 3.67. The minimum absolute atomic E-state index is 0.0938. The molecule has 0 radical (unpaired) electrons. The van der Waals surface area contributed by atoms with Crippen LogP contribution < -0.4 is 5.32 Å². The summed E-state index contributed by atoms with van der Waals surface area (Å²) in [6.07, 6.45) is 5.06. The molecule has 0 amide bonds. The first-order valence-electron chi connectivity index (χ1n) is 6.70. The summed E-state index contributed by atoms with van der Waals surface area (Å²) in [5, 5.41) is 12.4. The Balaban J connectivity index is 1.96. The number of aromatic carboxylic acids is 1. The van der Waals surface area contributed by atoms with Gasteiger partial charge in [-0.25, -0.2) is 9.78 Å². The van der Waals surface area contributed by atoms with Crippen molar-refractivity contribution in [3.63, 3.8) is 0 Å². The molecular formula is C14H19ClN2O2. The number of halogens is 1. The highest BCUT2D eigenvalue weighted by Crippen LogP contribution is 2.28. The van der Waals surface area contributed by atoms with Crippen LogP contribution in [0.5, 0.6) is 0 Å². The molecule has 1 fully saturated rings. The molecule has 1 aromatic rings. The molecule has 19 heavy (non-hydrogen) atoms. The maximum atomic E-state index is 10.9. The minimum Gasteiger partial charge on any atom is -0.476 e. The van der Waals surface area contributed by atoms with Crippen LogP contribution in [0, 0.1) is 11.8 Å². The lowest BCUT2D eigenvalue weighted by molar-refractivity contribution is 0.0691. The van der Waals surface area contributed by atoms with Crippen molar-refractivity contribution in [1.29, 1.82) is 0 Å². The SMILES string of the molecule is CC1CCCC(CNc2ccc(Cl)c(C(=O)O)n2)C1. The average molecular weight is 283 g/mol. The molecule has 1 aliphatic rings. The molecule has 0 aromatic carbocycles. The molecule has 0 aliphatic heterocycles. The summed E-state index contributed by atoms with van der Waals surface area (Å²) in [6, 6.07) is 3.30. The van der Waals surface area contributed by atoms with Crippen LogP contribution in [0.1, 0.15) is 43.1 Å². The fourth-order valence-corrected chi connectivity index (χ4v) is 2.87. The molecule has 2 atom stereocenters. The number of aromatic nitrogens is 1. The topological polar surface area (TPSA) is 62.2 Å². The Morgan fingerprint density at radius 2 is 2.32 bits per heavy atom. The number of nitrogens with zero attached hydrogens (tertiary/aromatic N) is 1. The van der Waals surface area contributed by atoms with Gasteiger partial charge in [-0.3, -0.25) is 0 Å². The van der Waals surface area contributed by atoms with E-state index in [-0.39, 0.29) is 10.7 Å². The Bertz CT molecular complexity index is 465. The Morgan fingerprint density at radius 1 is 1.53 bits per heavy atom. The van der Waals surface area contributed by atoms with E-state index in [4.69, 9.17) is 16.7 Å². The third kappa shape index (κ3) is 3.83. The maximum absolute atomic E-state index is 10.9. The van der Waals surface area contributed by atoms with Crippen molar-refractivity contribution in [3.05, 3.63) is 22.8 Å². The number of nitrogens with one attached hydrogen (secondary N) is 1. The molecule has 4 nitrogen and oxygen atoms in total. The van der Waals surface area contributed by atoms with Crippen molar-refractivity contribution in [2.24, 2.45) is 11.8 Å². The van der Waals surface area contributed by atoms with Gasteiger partial charge in [-0.15, -0.1) is 0 Å². The van der Waals surface area contributed by atoms with E-state index in [1.165, 1.54) is 25.7 Å². The van der Waals surface area contributed by atoms with Gasteiger partial charge in [0.25, 0.3) is 0 Å². The second kappa shape index (κ2) is 6.24. The number of hydrogen-bond acceptors (Lipinski definition) is 3. The van der Waals surface area contributed by atoms with Gasteiger partial charge in [0.15, 0.2) is 5.69 Å². The van der Waals surface area contributed by atoms with E-state index in [1.807, 2.05) is 0 Å². The number of anilines is 1. The van der Waals surface area contributed by atoms with Crippen LogP contribution in [0.25, 0.3) is 0 Å². The van der Waals surface area contributed by atoms with Crippen molar-refractivity contribution in [3.8, 4) is 0 Å². The molecule has 0 bridgehead atoms. The zero-order valence-electron chi connectivity index (χ0n) is 11.0. The fourth-order valence-electron chi connectivity index (χ4n) is 2.68. The third-order valence-electron chi connectivity index (χ3n) is 3.67. The summed E-state index contributed by atoms with van der Waals surface area (Å²) in [5.41, 5.74) is -0.0938. The maximum Gasteiger partial charge on any atom is 0.356 e. The van der Waals surface area contributed by atoms with E-state index in [2.05, 4.69) is 17.2 Å². The van der Waals surface area contributed by atoms with Crippen LogP contribution in [-0.4, -0.2) is 22.6 Å². The first kappa shape index (κ1) is 14.1. The molecule has 2 N–H and O–H groups in total. The predicted molar refractivity (Wildman–Crippen MR) is 75.8 cm³/mol. The highest BCUT2D eigenvalue weighted by molar-refractivity contribution is 6.33. The van der Waals surface area contributed by atoms with Crippen LogP contribution in [0.4, 0.5) is 5.82 Å². The zero-order valence-corrected chi connectivity index (χ0v) is 11.8. The molecule has 1 aromatic heterocycles. The number of rotatable bonds is 4. The first-order valence-corrected chi connectivity index (χ1v) is 7.07. The van der Waals surface area contributed by atoms with Crippen molar-refractivity contribution in [2.45, 2.75) is 32.6 Å². The lowest BCUT2D eigenvalue weighted by atomic mass is 9.82. The van der Waals surface area contributed by atoms with Crippen LogP contribution in [-0.2, 0) is 0 Å². The van der Waals surface area contributed by atoms with E-state index in [0.717, 1.165) is 12.5 Å². The van der Waals surface area contributed by atoms with Gasteiger partial charge in [0, 0.05) is 6.54 Å². The molecular weight excluding hydrogens is 264 g/mol. The smallest absolute Gasteiger partial charge is 0.356 e. The number of pyridine rings is 1. The summed E-state index contributed by atoms with van der Waals surface area (Å²) in [7, 11) is 0. The van der Waals surface area contributed by atoms with Crippen LogP contribution in [0.2, 0.25) is 5.02 Å². The van der Waals surface area contributed by atoms with Gasteiger partial charge in [-0.1, -0.05) is 31.4 Å². The van der Waals surface area contributed by atoms with Gasteiger partial charge in [-0.2, -0.15) is 0 Å². The summed E-state index contributed by atoms with van der Waals surface area (Å²) >= 11 is 5.79. The van der Waals surface area contributed by atoms with E-state index in [0.29, 0.717) is 11.7 Å². The Kier molecular flexibility index (Phi) is 4.64. The van der Waals surface area contributed by atoms with Crippen LogP contribution in [0.3, 0.4) is 0 Å². The molecule has 5 heteroatoms. The fraction of sp³-hybridized carbons (Fsp3) is 0.571. The van der Waals surface area contributed by atoms with E-state index in [9.17, 15) is 4.79 Å². The van der Waals surface area contributed by atoms with Crippen LogP contribution in [0.15, 0.2) is 12.1 Å². The van der Waals surface area contributed by atoms with E-state index >= 15 is 0 Å². The minimum atomic E-state index is -1.10. The number of hydrogen-bond donors (Lipinski definition) is 2. The van der Waals surface area contributed by atoms with E-state index < -0.39 is 5.97 Å². The summed E-state index contributed by atoms with van der Waals surface area (Å²) in [4.78, 5) is 15.0. The van der Waals surface area contributed by atoms with Gasteiger partial charge >= 0.3 is 5.97 Å². The second-order valence-corrected chi connectivity index (χ2v) is 5.76. The van der Waals surface area contributed by atoms with Crippen molar-refractivity contribution >= 4 is 23.4 Å². The molecule has 2 rings (SSSR count). The lowest BCUT2D eigenvalue weighted by Crippen LogP contribution is -2.21. The van der Waals surface area contributed by atoms with Crippen molar-refractivity contribution in [2.75, 3.05) is 11.9 Å². The van der Waals surface area contributed by atoms with E-state index in [1.54, 1.807) is 12.1 Å². The van der Waals surface area contributed by atoms with Gasteiger partial charge in [0.2, 0.25) is 0 Å². The number of carbonyl (C=O) groups is 1. The Hall–Kier alpha value is -1.29. The first-order chi connectivity index (χ1) is 9.06. The van der Waals surface area contributed by atoms with Crippen molar-refractivity contribution in [1.82, 2.24) is 4.98 Å². The lowest BCUT2D eigenvalue weighted by Gasteiger charge is -2.26. The van der Waals surface area contributed by atoms with Crippen molar-refractivity contribution < 1.29 is 9.90 Å². The second-order valence-electron chi connectivity index (χ2n) is 5.35. The monoisotopic (exact) mass is 282 g/mol. The summed E-state index contributed by atoms with van der Waals surface area (Å²) in [5.74, 6) is 0.919. The molecule has 104 valence electrons. The quantitative estimate of drug-likeness (QED) is 0.884. The van der Waals surface area contributed by atoms with Gasteiger partial charge in [0.1, 0.15) is 5.82 Å². The third-order valence-corrected chi connectivity index (χ3v) is 3.97. The molecule has 1 heterocycles. The zero-order chi connectivity index (χ0) is 13.8. The molecule has 1 saturated carbocycles. The standard InChI is InChI=1S/C14H19ClN2O2/c1-9-3-2-4-10(7-9)8-16-12-6-5-11(15)13(17-12)14(18)19/h5-6,9-10H,2-4,7-8H2,1H3,(H,16,17)(H,18,19). The Labute approximate surface area is 118 Å². The number of carboxylic acid groups (broad SMARTS) is 1. The summed E-state index contributed by atoms with van der Waals surface area (Å²) in [6.45, 7) is 3.13. The molecule has 0 spiro atoms. The normalized spacial score (nSPS) is 23.1. The largest absolute Gasteiger partial charge is 0.476 e. The van der Waals surface area contributed by atoms with Gasteiger partial charge < -0.3 is 10.4 Å². The average Bonchev–Trinajstić information content (AvgIpc) is 2.37. The highest BCUT2D eigenvalue weighted by Gasteiger charge is 2.19. The highest BCUT2D eigenvalue weighted by atomic mass is 35.5. The summed E-state index contributed by atoms with van der Waals surface area (Å²) < 4.78 is 0. The Morgan fingerprint density at radius 3 is 3.00 bits per heavy atom. The molecule has 1 aliphatic carbocycles. The van der Waals surface area contributed by atoms with Gasteiger partial charge in [0.05, 0.1) is 5.02 Å². The molecule has 2 unspecified atom stereocenters.